The number of phenols is 1. The van der Waals surface area contributed by atoms with Crippen molar-refractivity contribution in [2.75, 3.05) is 11.9 Å². The molecule has 3 rings (SSSR count). The van der Waals surface area contributed by atoms with Gasteiger partial charge in [-0.15, -0.1) is 0 Å². The third-order valence-corrected chi connectivity index (χ3v) is 5.90. The number of nitrogens with one attached hydrogen (secondary N) is 1. The molecule has 0 radical (unpaired) electrons. The average Bonchev–Trinajstić information content (AvgIpc) is 2.96. The minimum atomic E-state index is -0.658. The van der Waals surface area contributed by atoms with Gasteiger partial charge in [0.05, 0.1) is 15.5 Å². The molecule has 0 saturated carbocycles. The van der Waals surface area contributed by atoms with E-state index in [0.717, 1.165) is 40.4 Å². The van der Waals surface area contributed by atoms with Crippen molar-refractivity contribution in [3.05, 3.63) is 74.1 Å². The molecule has 154 valence electrons. The van der Waals surface area contributed by atoms with Crippen LogP contribution in [-0.2, 0) is 16.0 Å². The van der Waals surface area contributed by atoms with E-state index in [-0.39, 0.29) is 21.4 Å². The van der Waals surface area contributed by atoms with Crippen LogP contribution in [0.15, 0.2) is 53.4 Å². The molecular formula is C19H14ClN3O5S2. The second-order valence-electron chi connectivity index (χ2n) is 6.13. The van der Waals surface area contributed by atoms with Gasteiger partial charge in [0.1, 0.15) is 16.6 Å². The Balaban J connectivity index is 1.67. The van der Waals surface area contributed by atoms with Crippen LogP contribution in [0.2, 0.25) is 5.02 Å². The van der Waals surface area contributed by atoms with E-state index in [9.17, 15) is 24.8 Å². The molecule has 0 spiro atoms. The van der Waals surface area contributed by atoms with Crippen molar-refractivity contribution < 1.29 is 19.6 Å². The zero-order chi connectivity index (χ0) is 21.8. The third-order valence-electron chi connectivity index (χ3n) is 4.11. The molecular weight excluding hydrogens is 450 g/mol. The molecule has 11 heteroatoms. The molecule has 1 aliphatic rings. The number of nitro benzene ring substituents is 1. The summed E-state index contributed by atoms with van der Waals surface area (Å²) in [6, 6.07) is 10.5. The smallest absolute Gasteiger partial charge is 0.271 e. The first-order valence-electron chi connectivity index (χ1n) is 8.50. The summed E-state index contributed by atoms with van der Waals surface area (Å²) in [4.78, 5) is 36.7. The van der Waals surface area contributed by atoms with E-state index < -0.39 is 23.3 Å². The Labute approximate surface area is 185 Å². The molecule has 1 fully saturated rings. The predicted molar refractivity (Wildman–Crippen MR) is 119 cm³/mol. The number of carbonyl (C=O) groups is 2. The summed E-state index contributed by atoms with van der Waals surface area (Å²) in [5, 5.41) is 23.6. The maximum Gasteiger partial charge on any atom is 0.271 e. The molecule has 1 aliphatic heterocycles. The molecule has 2 N–H and O–H groups in total. The maximum absolute atomic E-state index is 12.6. The lowest BCUT2D eigenvalue weighted by Gasteiger charge is -2.14. The van der Waals surface area contributed by atoms with Gasteiger partial charge >= 0.3 is 0 Å². The zero-order valence-electron chi connectivity index (χ0n) is 15.2. The first-order chi connectivity index (χ1) is 14.3. The van der Waals surface area contributed by atoms with Gasteiger partial charge in [-0.2, -0.15) is 0 Å². The molecule has 0 atom stereocenters. The van der Waals surface area contributed by atoms with Crippen LogP contribution in [0.25, 0.3) is 0 Å². The molecule has 2 aromatic carbocycles. The topological polar surface area (TPSA) is 113 Å². The number of amides is 2. The number of benzene rings is 2. The Morgan fingerprint density at radius 1 is 1.33 bits per heavy atom. The molecule has 0 unspecified atom stereocenters. The van der Waals surface area contributed by atoms with Gasteiger partial charge in [-0.05, 0) is 24.1 Å². The van der Waals surface area contributed by atoms with Crippen LogP contribution >= 0.6 is 35.6 Å². The highest BCUT2D eigenvalue weighted by Gasteiger charge is 2.33. The lowest BCUT2D eigenvalue weighted by molar-refractivity contribution is -0.384. The number of hydrogen-bond donors (Lipinski definition) is 2. The summed E-state index contributed by atoms with van der Waals surface area (Å²) < 4.78 is 0.212. The summed E-state index contributed by atoms with van der Waals surface area (Å²) in [5.74, 6) is -1.41. The van der Waals surface area contributed by atoms with Gasteiger partial charge in [0.15, 0.2) is 0 Å². The number of thioether (sulfide) groups is 1. The number of nitrogens with zero attached hydrogens (tertiary/aromatic N) is 2. The van der Waals surface area contributed by atoms with Crippen LogP contribution in [0.3, 0.4) is 0 Å². The number of non-ortho nitro benzene ring substituents is 1. The number of rotatable bonds is 6. The Hall–Kier alpha value is -2.95. The summed E-state index contributed by atoms with van der Waals surface area (Å²) in [5.41, 5.74) is 0.424. The van der Waals surface area contributed by atoms with Gasteiger partial charge in [0, 0.05) is 17.2 Å². The van der Waals surface area contributed by atoms with E-state index in [1.54, 1.807) is 12.1 Å². The minimum Gasteiger partial charge on any atom is -0.506 e. The van der Waals surface area contributed by atoms with E-state index in [1.807, 2.05) is 18.2 Å². The third kappa shape index (κ3) is 4.96. The van der Waals surface area contributed by atoms with Gasteiger partial charge in [0.25, 0.3) is 11.6 Å². The van der Waals surface area contributed by atoms with Crippen LogP contribution in [0.4, 0.5) is 11.4 Å². The average molecular weight is 464 g/mol. The lowest BCUT2D eigenvalue weighted by Crippen LogP contribution is -2.36. The van der Waals surface area contributed by atoms with Crippen LogP contribution < -0.4 is 5.32 Å². The largest absolute Gasteiger partial charge is 0.506 e. The van der Waals surface area contributed by atoms with Gasteiger partial charge in [-0.1, -0.05) is 59.9 Å². The molecule has 0 aliphatic carbocycles. The Kier molecular flexibility index (Phi) is 6.70. The van der Waals surface area contributed by atoms with Crippen LogP contribution in [0.5, 0.6) is 5.75 Å². The van der Waals surface area contributed by atoms with E-state index in [2.05, 4.69) is 5.32 Å². The van der Waals surface area contributed by atoms with Gasteiger partial charge in [-0.3, -0.25) is 24.6 Å². The van der Waals surface area contributed by atoms with Gasteiger partial charge < -0.3 is 10.4 Å². The van der Waals surface area contributed by atoms with Crippen molar-refractivity contribution in [1.82, 2.24) is 4.90 Å². The summed E-state index contributed by atoms with van der Waals surface area (Å²) in [6.45, 7) is -0.393. The summed E-state index contributed by atoms with van der Waals surface area (Å²) in [6.07, 6.45) is 2.13. The van der Waals surface area contributed by atoms with Gasteiger partial charge in [0.2, 0.25) is 5.91 Å². The van der Waals surface area contributed by atoms with Crippen molar-refractivity contribution in [1.29, 1.82) is 0 Å². The first kappa shape index (κ1) is 21.8. The minimum absolute atomic E-state index is 0.131. The van der Waals surface area contributed by atoms with Gasteiger partial charge in [-0.25, -0.2) is 0 Å². The Morgan fingerprint density at radius 3 is 2.77 bits per heavy atom. The number of aromatic hydroxyl groups is 1. The maximum atomic E-state index is 12.6. The number of hydrogen-bond acceptors (Lipinski definition) is 7. The van der Waals surface area contributed by atoms with E-state index in [4.69, 9.17) is 23.8 Å². The number of carbonyl (C=O) groups excluding carboxylic acids is 2. The fraction of sp³-hybridized carbons (Fsp3) is 0.105. The van der Waals surface area contributed by atoms with Crippen molar-refractivity contribution in [3.8, 4) is 5.75 Å². The van der Waals surface area contributed by atoms with Crippen LogP contribution in [0.1, 0.15) is 5.56 Å². The van der Waals surface area contributed by atoms with E-state index >= 15 is 0 Å². The molecule has 2 amide bonds. The number of anilines is 1. The quantitative estimate of drug-likeness (QED) is 0.220. The number of phenolic OH excluding ortho intramolecular Hbond substituents is 1. The van der Waals surface area contributed by atoms with Crippen molar-refractivity contribution in [2.24, 2.45) is 0 Å². The standard InChI is InChI=1S/C19H14ClN3O5S2/c20-13-4-2-1-3-11(13)5-8-16-18(26)22(19(29)30-16)10-17(25)21-14-9-12(23(27)28)6-7-15(14)24/h1-4,6-9,24H,5,10H2,(H,21,25)/b16-8-. The van der Waals surface area contributed by atoms with E-state index in [1.165, 1.54) is 0 Å². The fourth-order valence-electron chi connectivity index (χ4n) is 2.61. The zero-order valence-corrected chi connectivity index (χ0v) is 17.6. The second-order valence-corrected chi connectivity index (χ2v) is 8.21. The number of allylic oxidation sites excluding steroid dienone is 1. The highest BCUT2D eigenvalue weighted by Crippen LogP contribution is 2.32. The Bertz CT molecular complexity index is 1090. The van der Waals surface area contributed by atoms with Crippen molar-refractivity contribution >= 4 is 63.1 Å². The molecule has 8 nitrogen and oxygen atoms in total. The first-order valence-corrected chi connectivity index (χ1v) is 10.1. The molecule has 2 aromatic rings. The summed E-state index contributed by atoms with van der Waals surface area (Å²) >= 11 is 12.4. The highest BCUT2D eigenvalue weighted by atomic mass is 35.5. The van der Waals surface area contributed by atoms with Crippen molar-refractivity contribution in [3.63, 3.8) is 0 Å². The molecule has 30 heavy (non-hydrogen) atoms. The normalized spacial score (nSPS) is 15.0. The molecule has 1 heterocycles. The monoisotopic (exact) mass is 463 g/mol. The number of thiocarbonyl (C=S) groups is 1. The van der Waals surface area contributed by atoms with Crippen LogP contribution in [0, 0.1) is 10.1 Å². The number of nitro groups is 1. The summed E-state index contributed by atoms with van der Waals surface area (Å²) in [7, 11) is 0. The fourth-order valence-corrected chi connectivity index (χ4v) is 4.05. The molecule has 0 aromatic heterocycles. The Morgan fingerprint density at radius 2 is 2.07 bits per heavy atom. The second kappa shape index (κ2) is 9.24. The number of halogens is 1. The lowest BCUT2D eigenvalue weighted by atomic mass is 10.1. The molecule has 0 bridgehead atoms. The highest BCUT2D eigenvalue weighted by molar-refractivity contribution is 8.26. The predicted octanol–water partition coefficient (Wildman–Crippen LogP) is 3.88. The van der Waals surface area contributed by atoms with E-state index in [0.29, 0.717) is 16.3 Å². The molecule has 1 saturated heterocycles. The van der Waals surface area contributed by atoms with Crippen molar-refractivity contribution in [2.45, 2.75) is 6.42 Å². The van der Waals surface area contributed by atoms with Crippen LogP contribution in [-0.4, -0.2) is 37.6 Å². The SMILES string of the molecule is O=C(CN1C(=O)/C(=C/Cc2ccccc2Cl)SC1=S)Nc1cc([N+](=O)[O-])ccc1O.